The Hall–Kier alpha value is -1.90. The van der Waals surface area contributed by atoms with Crippen LogP contribution in [0.1, 0.15) is 110 Å². The number of rotatable bonds is 20. The Morgan fingerprint density at radius 3 is 1.56 bits per heavy atom. The zero-order chi connectivity index (χ0) is 26.2. The van der Waals surface area contributed by atoms with Gasteiger partial charge in [0.2, 0.25) is 0 Å². The van der Waals surface area contributed by atoms with Crippen LogP contribution in [0.25, 0.3) is 0 Å². The third-order valence-corrected chi connectivity index (χ3v) is 5.24. The molecule has 0 unspecified atom stereocenters. The van der Waals surface area contributed by atoms with E-state index in [1.165, 1.54) is 70.6 Å². The van der Waals surface area contributed by atoms with E-state index in [2.05, 4.69) is 6.92 Å². The van der Waals surface area contributed by atoms with Crippen LogP contribution in [0.4, 0.5) is 0 Å². The van der Waals surface area contributed by atoms with Gasteiger partial charge in [0.15, 0.2) is 6.10 Å². The summed E-state index contributed by atoms with van der Waals surface area (Å²) in [6.07, 6.45) is 16.9. The monoisotopic (exact) mass is 490 g/mol. The zero-order valence-electron chi connectivity index (χ0n) is 22.4. The molecular formula is C25H50N2O7. The van der Waals surface area contributed by atoms with Crippen LogP contribution in [-0.4, -0.2) is 61.9 Å². The number of ether oxygens (including phenoxy) is 2. The van der Waals surface area contributed by atoms with Crippen molar-refractivity contribution >= 4 is 11.9 Å². The molecule has 0 heterocycles. The average Bonchev–Trinajstić information content (AvgIpc) is 2.72. The topological polar surface area (TPSA) is 119 Å². The van der Waals surface area contributed by atoms with Gasteiger partial charge in [-0.2, -0.15) is 0 Å². The quantitative estimate of drug-likeness (QED) is 0.0695. The molecule has 0 fully saturated rings. The first-order valence-electron chi connectivity index (χ1n) is 13.0. The van der Waals surface area contributed by atoms with Crippen LogP contribution in [0.5, 0.6) is 0 Å². The van der Waals surface area contributed by atoms with Crippen LogP contribution in [0.15, 0.2) is 0 Å². The lowest BCUT2D eigenvalue weighted by Crippen LogP contribution is -2.44. The number of carbonyl (C=O) groups is 2. The van der Waals surface area contributed by atoms with Gasteiger partial charge in [-0.15, -0.1) is 0 Å². The lowest BCUT2D eigenvalue weighted by Gasteiger charge is -2.28. The van der Waals surface area contributed by atoms with Crippen molar-refractivity contribution in [2.24, 2.45) is 0 Å². The fourth-order valence-corrected chi connectivity index (χ4v) is 3.57. The predicted octanol–water partition coefficient (Wildman–Crippen LogP) is 5.80. The third kappa shape index (κ3) is 30.1. The van der Waals surface area contributed by atoms with Crippen molar-refractivity contribution in [2.75, 3.05) is 34.3 Å². The standard InChI is InChI=1S/C25H50NO4.NO3/c1-6-8-9-10-11-12-13-14-15-16-17-18-19-20-29-25(28)21-23(22-26(3,4)5)30-24(27)7-2;2-1(3)4/h23H,6-22H2,1-5H3;/q+1;-1/t23-;/m1./s1. The van der Waals surface area contributed by atoms with E-state index < -0.39 is 11.2 Å². The molecule has 0 spiro atoms. The SMILES string of the molecule is CCCCCCCCCCCCCCCOC(=O)C[C@H](C[N+](C)(C)C)OC(=O)CC.O=[N+]([O-])[O-]. The number of quaternary nitrogens is 1. The molecule has 0 rings (SSSR count). The molecule has 34 heavy (non-hydrogen) atoms. The van der Waals surface area contributed by atoms with Crippen LogP contribution >= 0.6 is 0 Å². The maximum absolute atomic E-state index is 12.1. The highest BCUT2D eigenvalue weighted by Gasteiger charge is 2.25. The molecule has 9 nitrogen and oxygen atoms in total. The fourth-order valence-electron chi connectivity index (χ4n) is 3.57. The Morgan fingerprint density at radius 1 is 0.765 bits per heavy atom. The Balaban J connectivity index is 0. The number of nitrogens with zero attached hydrogens (tertiary/aromatic N) is 2. The summed E-state index contributed by atoms with van der Waals surface area (Å²) in [5, 5.41) is 14.8. The lowest BCUT2D eigenvalue weighted by molar-refractivity contribution is -0.873. The smallest absolute Gasteiger partial charge is 0.309 e. The van der Waals surface area contributed by atoms with Gasteiger partial charge in [0.25, 0.3) is 0 Å². The maximum atomic E-state index is 12.1. The van der Waals surface area contributed by atoms with Crippen molar-refractivity contribution in [3.05, 3.63) is 15.3 Å². The van der Waals surface area contributed by atoms with E-state index in [0.29, 0.717) is 24.1 Å². The van der Waals surface area contributed by atoms with Crippen LogP contribution in [-0.2, 0) is 19.1 Å². The summed E-state index contributed by atoms with van der Waals surface area (Å²) >= 11 is 0. The van der Waals surface area contributed by atoms with E-state index in [4.69, 9.17) is 24.8 Å². The Kier molecular flexibility index (Phi) is 23.1. The molecule has 0 radical (unpaired) electrons. The van der Waals surface area contributed by atoms with Crippen molar-refractivity contribution in [1.29, 1.82) is 0 Å². The molecule has 0 aliphatic carbocycles. The van der Waals surface area contributed by atoms with Gasteiger partial charge in [-0.25, -0.2) is 0 Å². The Bertz CT molecular complexity index is 518. The zero-order valence-corrected chi connectivity index (χ0v) is 22.4. The van der Waals surface area contributed by atoms with E-state index >= 15 is 0 Å². The van der Waals surface area contributed by atoms with Gasteiger partial charge in [0, 0.05) is 6.42 Å². The van der Waals surface area contributed by atoms with Gasteiger partial charge in [0.1, 0.15) is 6.54 Å². The largest absolute Gasteiger partial charge is 0.466 e. The summed E-state index contributed by atoms with van der Waals surface area (Å²) in [7, 11) is 6.06. The first kappa shape index (κ1) is 34.3. The molecule has 9 heteroatoms. The number of likely N-dealkylation sites (N-methyl/N-ethyl adjacent to an activating group) is 1. The molecule has 0 saturated heterocycles. The Labute approximate surface area is 206 Å². The van der Waals surface area contributed by atoms with Crippen molar-refractivity contribution in [2.45, 2.75) is 116 Å². The molecule has 0 aromatic heterocycles. The minimum Gasteiger partial charge on any atom is -0.466 e. The summed E-state index contributed by atoms with van der Waals surface area (Å²) < 4.78 is 11.4. The highest BCUT2D eigenvalue weighted by atomic mass is 16.9. The number of carbonyl (C=O) groups excluding carboxylic acids is 2. The summed E-state index contributed by atoms with van der Waals surface area (Å²) in [6.45, 7) is 5.09. The second kappa shape index (κ2) is 22.9. The van der Waals surface area contributed by atoms with Crippen LogP contribution in [0, 0.1) is 15.3 Å². The molecule has 202 valence electrons. The van der Waals surface area contributed by atoms with E-state index in [0.717, 1.165) is 12.8 Å². The third-order valence-electron chi connectivity index (χ3n) is 5.24. The summed E-state index contributed by atoms with van der Waals surface area (Å²) in [6, 6.07) is 0. The van der Waals surface area contributed by atoms with Gasteiger partial charge in [0.05, 0.1) is 39.3 Å². The molecule has 0 aromatic carbocycles. The number of hydrogen-bond acceptors (Lipinski definition) is 7. The van der Waals surface area contributed by atoms with Crippen molar-refractivity contribution in [3.63, 3.8) is 0 Å². The molecule has 0 saturated carbocycles. The van der Waals surface area contributed by atoms with E-state index in [1.807, 2.05) is 21.1 Å². The molecule has 0 amide bonds. The minimum atomic E-state index is -1.75. The summed E-state index contributed by atoms with van der Waals surface area (Å²) in [4.78, 5) is 32.0. The first-order chi connectivity index (χ1) is 16.0. The molecular weight excluding hydrogens is 440 g/mol. The molecule has 0 aliphatic heterocycles. The van der Waals surface area contributed by atoms with E-state index in [-0.39, 0.29) is 18.4 Å². The molecule has 0 N–H and O–H groups in total. The lowest BCUT2D eigenvalue weighted by atomic mass is 10.0. The van der Waals surface area contributed by atoms with Gasteiger partial charge in [-0.3, -0.25) is 9.59 Å². The molecule has 0 aromatic rings. The molecule has 0 aliphatic rings. The highest BCUT2D eigenvalue weighted by Crippen LogP contribution is 2.13. The fraction of sp³-hybridized carbons (Fsp3) is 0.920. The van der Waals surface area contributed by atoms with E-state index in [1.54, 1.807) is 6.92 Å². The number of unbranched alkanes of at least 4 members (excludes halogenated alkanes) is 12. The van der Waals surface area contributed by atoms with Gasteiger partial charge in [-0.05, 0) is 6.42 Å². The highest BCUT2D eigenvalue weighted by molar-refractivity contribution is 5.72. The maximum Gasteiger partial charge on any atom is 0.309 e. The average molecular weight is 491 g/mol. The minimum absolute atomic E-state index is 0.139. The first-order valence-corrected chi connectivity index (χ1v) is 13.0. The van der Waals surface area contributed by atoms with Gasteiger partial charge >= 0.3 is 11.9 Å². The predicted molar refractivity (Wildman–Crippen MR) is 135 cm³/mol. The van der Waals surface area contributed by atoms with Crippen LogP contribution in [0.2, 0.25) is 0 Å². The van der Waals surface area contributed by atoms with Crippen LogP contribution in [0.3, 0.4) is 0 Å². The van der Waals surface area contributed by atoms with Crippen molar-refractivity contribution in [1.82, 2.24) is 0 Å². The summed E-state index contributed by atoms with van der Waals surface area (Å²) in [5.74, 6) is -0.533. The second-order valence-corrected chi connectivity index (χ2v) is 9.83. The van der Waals surface area contributed by atoms with Gasteiger partial charge in [-0.1, -0.05) is 90.9 Å². The second-order valence-electron chi connectivity index (χ2n) is 9.83. The molecule has 0 bridgehead atoms. The Morgan fingerprint density at radius 2 is 1.18 bits per heavy atom. The van der Waals surface area contributed by atoms with E-state index in [9.17, 15) is 9.59 Å². The normalized spacial score (nSPS) is 11.8. The summed E-state index contributed by atoms with van der Waals surface area (Å²) in [5.41, 5.74) is 0. The molecule has 1 atom stereocenters. The number of esters is 2. The van der Waals surface area contributed by atoms with Crippen molar-refractivity contribution in [3.8, 4) is 0 Å². The van der Waals surface area contributed by atoms with Gasteiger partial charge < -0.3 is 29.3 Å². The number of hydrogen-bond donors (Lipinski definition) is 0. The van der Waals surface area contributed by atoms with Crippen LogP contribution < -0.4 is 0 Å². The van der Waals surface area contributed by atoms with Crippen molar-refractivity contribution < 1.29 is 28.6 Å².